The van der Waals surface area contributed by atoms with E-state index in [4.69, 9.17) is 9.47 Å². The van der Waals surface area contributed by atoms with Gasteiger partial charge in [0, 0.05) is 11.1 Å². The van der Waals surface area contributed by atoms with E-state index in [2.05, 4.69) is 24.2 Å². The largest absolute Gasteiger partial charge is 0.497 e. The maximum Gasteiger partial charge on any atom is 0.275 e. The Morgan fingerprint density at radius 1 is 1.08 bits per heavy atom. The summed E-state index contributed by atoms with van der Waals surface area (Å²) in [7, 11) is 3.22. The zero-order valence-corrected chi connectivity index (χ0v) is 15.4. The number of amidine groups is 1. The van der Waals surface area contributed by atoms with Crippen molar-refractivity contribution >= 4 is 17.8 Å². The van der Waals surface area contributed by atoms with Crippen LogP contribution in [-0.4, -0.2) is 26.0 Å². The molecule has 1 aliphatic rings. The molecule has 0 bridgehead atoms. The Kier molecular flexibility index (Phi) is 5.07. The second kappa shape index (κ2) is 7.44. The highest BCUT2D eigenvalue weighted by molar-refractivity contribution is 6.19. The monoisotopic (exact) mass is 350 g/mol. The van der Waals surface area contributed by atoms with Gasteiger partial charge < -0.3 is 14.8 Å². The van der Waals surface area contributed by atoms with Crippen LogP contribution in [0.1, 0.15) is 36.5 Å². The standard InChI is InChI=1S/C21H22N2O3/c1-13(2)14-8-9-19(26-4)16(10-14)12-18-21(24)23-20(22-18)15-6-5-7-17(11-15)25-3/h5-13H,1-4H3,(H,22,23,24)/b18-12-. The van der Waals surface area contributed by atoms with Crippen LogP contribution in [-0.2, 0) is 4.79 Å². The quantitative estimate of drug-likeness (QED) is 0.836. The number of methoxy groups -OCH3 is 2. The zero-order valence-electron chi connectivity index (χ0n) is 15.4. The third-order valence-corrected chi connectivity index (χ3v) is 4.25. The van der Waals surface area contributed by atoms with Crippen LogP contribution in [0.4, 0.5) is 0 Å². The van der Waals surface area contributed by atoms with E-state index in [0.717, 1.165) is 11.1 Å². The number of aliphatic imine (C=N–C) groups is 1. The van der Waals surface area contributed by atoms with Gasteiger partial charge in [0.15, 0.2) is 0 Å². The van der Waals surface area contributed by atoms with Crippen LogP contribution >= 0.6 is 0 Å². The van der Waals surface area contributed by atoms with Crippen molar-refractivity contribution < 1.29 is 14.3 Å². The van der Waals surface area contributed by atoms with Crippen LogP contribution in [0.15, 0.2) is 53.2 Å². The summed E-state index contributed by atoms with van der Waals surface area (Å²) in [5, 5.41) is 2.81. The first-order valence-electron chi connectivity index (χ1n) is 8.46. The number of nitrogens with zero attached hydrogens (tertiary/aromatic N) is 1. The number of benzene rings is 2. The van der Waals surface area contributed by atoms with E-state index in [1.807, 2.05) is 42.5 Å². The first-order chi connectivity index (χ1) is 12.5. The van der Waals surface area contributed by atoms with Gasteiger partial charge in [0.05, 0.1) is 14.2 Å². The van der Waals surface area contributed by atoms with Crippen molar-refractivity contribution in [3.8, 4) is 11.5 Å². The molecule has 0 atom stereocenters. The third kappa shape index (κ3) is 3.61. The number of ether oxygens (including phenoxy) is 2. The van der Waals surface area contributed by atoms with Crippen LogP contribution in [0.2, 0.25) is 0 Å². The van der Waals surface area contributed by atoms with Crippen molar-refractivity contribution in [1.29, 1.82) is 0 Å². The number of amides is 1. The van der Waals surface area contributed by atoms with Gasteiger partial charge in [-0.1, -0.05) is 32.0 Å². The van der Waals surface area contributed by atoms with Crippen LogP contribution < -0.4 is 14.8 Å². The van der Waals surface area contributed by atoms with Gasteiger partial charge >= 0.3 is 0 Å². The van der Waals surface area contributed by atoms with Gasteiger partial charge in [-0.15, -0.1) is 0 Å². The maximum atomic E-state index is 12.4. The molecule has 2 aromatic carbocycles. The van der Waals surface area contributed by atoms with Gasteiger partial charge in [-0.25, -0.2) is 4.99 Å². The Bertz CT molecular complexity index is 898. The molecule has 0 aromatic heterocycles. The predicted molar refractivity (Wildman–Crippen MR) is 103 cm³/mol. The molecule has 0 radical (unpaired) electrons. The summed E-state index contributed by atoms with van der Waals surface area (Å²) in [5.74, 6) is 2.08. The fourth-order valence-electron chi connectivity index (χ4n) is 2.75. The molecule has 2 aromatic rings. The average Bonchev–Trinajstić information content (AvgIpc) is 3.02. The Labute approximate surface area is 153 Å². The minimum absolute atomic E-state index is 0.236. The van der Waals surface area contributed by atoms with E-state index in [0.29, 0.717) is 28.9 Å². The van der Waals surface area contributed by atoms with Crippen LogP contribution in [0.5, 0.6) is 11.5 Å². The van der Waals surface area contributed by atoms with E-state index in [1.165, 1.54) is 5.56 Å². The topological polar surface area (TPSA) is 59.9 Å². The molecular formula is C21H22N2O3. The Balaban J connectivity index is 1.99. The van der Waals surface area contributed by atoms with Crippen molar-refractivity contribution in [3.05, 3.63) is 64.9 Å². The molecular weight excluding hydrogens is 328 g/mol. The molecule has 134 valence electrons. The summed E-state index contributed by atoms with van der Waals surface area (Å²) in [4.78, 5) is 16.8. The third-order valence-electron chi connectivity index (χ3n) is 4.25. The van der Waals surface area contributed by atoms with Gasteiger partial charge in [0.1, 0.15) is 23.0 Å². The molecule has 0 aliphatic carbocycles. The lowest BCUT2D eigenvalue weighted by Crippen LogP contribution is -2.24. The van der Waals surface area contributed by atoms with E-state index < -0.39 is 0 Å². The van der Waals surface area contributed by atoms with Crippen LogP contribution in [0, 0.1) is 0 Å². The Morgan fingerprint density at radius 2 is 1.88 bits per heavy atom. The second-order valence-corrected chi connectivity index (χ2v) is 6.33. The van der Waals surface area contributed by atoms with Crippen molar-refractivity contribution in [2.24, 2.45) is 4.99 Å². The first-order valence-corrected chi connectivity index (χ1v) is 8.46. The van der Waals surface area contributed by atoms with Gasteiger partial charge in [-0.2, -0.15) is 0 Å². The molecule has 1 aliphatic heterocycles. The van der Waals surface area contributed by atoms with Gasteiger partial charge in [-0.05, 0) is 41.8 Å². The molecule has 0 saturated heterocycles. The highest BCUT2D eigenvalue weighted by Gasteiger charge is 2.22. The minimum atomic E-state index is -0.236. The molecule has 0 saturated carbocycles. The molecule has 0 fully saturated rings. The summed E-state index contributed by atoms with van der Waals surface area (Å²) in [6, 6.07) is 13.4. The predicted octanol–water partition coefficient (Wildman–Crippen LogP) is 3.74. The van der Waals surface area contributed by atoms with Crippen molar-refractivity contribution in [1.82, 2.24) is 5.32 Å². The molecule has 5 heteroatoms. The van der Waals surface area contributed by atoms with Gasteiger partial charge in [-0.3, -0.25) is 4.79 Å². The van der Waals surface area contributed by atoms with E-state index in [-0.39, 0.29) is 5.91 Å². The Hall–Kier alpha value is -3.08. The highest BCUT2D eigenvalue weighted by atomic mass is 16.5. The van der Waals surface area contributed by atoms with Crippen molar-refractivity contribution in [2.75, 3.05) is 14.2 Å². The minimum Gasteiger partial charge on any atom is -0.497 e. The maximum absolute atomic E-state index is 12.4. The summed E-state index contributed by atoms with van der Waals surface area (Å²) >= 11 is 0. The second-order valence-electron chi connectivity index (χ2n) is 6.33. The molecule has 1 N–H and O–H groups in total. The summed E-state index contributed by atoms with van der Waals surface area (Å²) < 4.78 is 10.7. The number of hydrogen-bond donors (Lipinski definition) is 1. The lowest BCUT2D eigenvalue weighted by molar-refractivity contribution is -0.115. The number of nitrogens with one attached hydrogen (secondary N) is 1. The molecule has 0 unspecified atom stereocenters. The van der Waals surface area contributed by atoms with Gasteiger partial charge in [0.25, 0.3) is 5.91 Å². The highest BCUT2D eigenvalue weighted by Crippen LogP contribution is 2.27. The lowest BCUT2D eigenvalue weighted by atomic mass is 10.00. The van der Waals surface area contributed by atoms with E-state index in [9.17, 15) is 4.79 Å². The van der Waals surface area contributed by atoms with E-state index in [1.54, 1.807) is 20.3 Å². The van der Waals surface area contributed by atoms with Crippen LogP contribution in [0.3, 0.4) is 0 Å². The summed E-state index contributed by atoms with van der Waals surface area (Å²) in [6.07, 6.45) is 1.76. The SMILES string of the molecule is COc1cccc(C2=N/C(=C\c3cc(C(C)C)ccc3OC)C(=O)N2)c1. The lowest BCUT2D eigenvalue weighted by Gasteiger charge is -2.10. The smallest absolute Gasteiger partial charge is 0.275 e. The normalized spacial score (nSPS) is 15.2. The molecule has 26 heavy (non-hydrogen) atoms. The molecule has 0 spiro atoms. The van der Waals surface area contributed by atoms with E-state index >= 15 is 0 Å². The summed E-state index contributed by atoms with van der Waals surface area (Å²) in [6.45, 7) is 4.25. The number of carbonyl (C=O) groups excluding carboxylic acids is 1. The number of hydrogen-bond acceptors (Lipinski definition) is 4. The van der Waals surface area contributed by atoms with Gasteiger partial charge in [0.2, 0.25) is 0 Å². The fourth-order valence-corrected chi connectivity index (χ4v) is 2.75. The van der Waals surface area contributed by atoms with Crippen LogP contribution in [0.25, 0.3) is 6.08 Å². The van der Waals surface area contributed by atoms with Crippen molar-refractivity contribution in [3.63, 3.8) is 0 Å². The molecule has 5 nitrogen and oxygen atoms in total. The molecule has 1 heterocycles. The zero-order chi connectivity index (χ0) is 18.7. The fraction of sp³-hybridized carbons (Fsp3) is 0.238. The molecule has 3 rings (SSSR count). The molecule has 1 amide bonds. The first kappa shape index (κ1) is 17.7. The van der Waals surface area contributed by atoms with Crippen molar-refractivity contribution in [2.45, 2.75) is 19.8 Å². The average molecular weight is 350 g/mol. The number of rotatable bonds is 5. The number of carbonyl (C=O) groups is 1. The Morgan fingerprint density at radius 3 is 2.58 bits per heavy atom. The summed E-state index contributed by atoms with van der Waals surface area (Å²) in [5.41, 5.74) is 3.15.